The molecular formula is C17H33BrO2. The molecule has 0 bridgehead atoms. The minimum absolute atomic E-state index is 0.0227. The maximum Gasteiger partial charge on any atom is 0.305 e. The summed E-state index contributed by atoms with van der Waals surface area (Å²) >= 11 is 3.46. The smallest absolute Gasteiger partial charge is 0.305 e. The number of carbonyl (C=O) groups is 1. The van der Waals surface area contributed by atoms with E-state index in [2.05, 4.69) is 29.8 Å². The average molecular weight is 349 g/mol. The van der Waals surface area contributed by atoms with Gasteiger partial charge in [0.1, 0.15) is 0 Å². The van der Waals surface area contributed by atoms with Gasteiger partial charge in [0.05, 0.1) is 6.61 Å². The maximum absolute atomic E-state index is 11.4. The predicted molar refractivity (Wildman–Crippen MR) is 90.4 cm³/mol. The van der Waals surface area contributed by atoms with Gasteiger partial charge in [-0.05, 0) is 18.8 Å². The summed E-state index contributed by atoms with van der Waals surface area (Å²) < 4.78 is 5.15. The van der Waals surface area contributed by atoms with Crippen LogP contribution in [-0.4, -0.2) is 17.9 Å². The first-order valence-electron chi connectivity index (χ1n) is 8.38. The molecule has 20 heavy (non-hydrogen) atoms. The normalized spacial score (nSPS) is 11.0. The molecule has 2 nitrogen and oxygen atoms in total. The number of unbranched alkanes of at least 4 members (excludes halogenated alkanes) is 9. The lowest BCUT2D eigenvalue weighted by Crippen LogP contribution is -2.09. The van der Waals surface area contributed by atoms with Crippen LogP contribution in [0, 0.1) is 5.92 Å². The topological polar surface area (TPSA) is 26.3 Å². The fourth-order valence-corrected chi connectivity index (χ4v) is 2.51. The van der Waals surface area contributed by atoms with E-state index in [4.69, 9.17) is 4.74 Å². The number of hydrogen-bond donors (Lipinski definition) is 0. The second kappa shape index (κ2) is 15.3. The zero-order valence-electron chi connectivity index (χ0n) is 13.5. The van der Waals surface area contributed by atoms with Crippen LogP contribution in [0.2, 0.25) is 0 Å². The van der Waals surface area contributed by atoms with Crippen molar-refractivity contribution in [1.29, 1.82) is 0 Å². The molecule has 0 heterocycles. The quantitative estimate of drug-likeness (QED) is 0.223. The lowest BCUT2D eigenvalue weighted by Gasteiger charge is -2.06. The van der Waals surface area contributed by atoms with Gasteiger partial charge in [0.25, 0.3) is 0 Å². The van der Waals surface area contributed by atoms with Gasteiger partial charge in [-0.3, -0.25) is 4.79 Å². The Hall–Kier alpha value is -0.0500. The monoisotopic (exact) mass is 348 g/mol. The SMILES string of the molecule is CC(C)COC(=O)CCCCCCCCCCCCBr. The molecule has 0 aromatic carbocycles. The summed E-state index contributed by atoms with van der Waals surface area (Å²) in [5.41, 5.74) is 0. The molecule has 0 unspecified atom stereocenters. The van der Waals surface area contributed by atoms with Crippen molar-refractivity contribution in [3.63, 3.8) is 0 Å². The lowest BCUT2D eigenvalue weighted by molar-refractivity contribution is -0.144. The van der Waals surface area contributed by atoms with Crippen molar-refractivity contribution in [2.45, 2.75) is 84.5 Å². The molecule has 0 radical (unpaired) electrons. The molecule has 0 aliphatic carbocycles. The van der Waals surface area contributed by atoms with Crippen molar-refractivity contribution in [3.8, 4) is 0 Å². The summed E-state index contributed by atoms with van der Waals surface area (Å²) in [4.78, 5) is 11.4. The van der Waals surface area contributed by atoms with Crippen molar-refractivity contribution < 1.29 is 9.53 Å². The minimum Gasteiger partial charge on any atom is -0.465 e. The van der Waals surface area contributed by atoms with E-state index in [9.17, 15) is 4.79 Å². The summed E-state index contributed by atoms with van der Waals surface area (Å²) in [7, 11) is 0. The molecule has 0 rings (SSSR count). The van der Waals surface area contributed by atoms with Crippen molar-refractivity contribution in [2.24, 2.45) is 5.92 Å². The third kappa shape index (κ3) is 16.0. The van der Waals surface area contributed by atoms with Gasteiger partial charge >= 0.3 is 5.97 Å². The van der Waals surface area contributed by atoms with Crippen LogP contribution in [-0.2, 0) is 9.53 Å². The molecule has 0 N–H and O–H groups in total. The molecular weight excluding hydrogens is 316 g/mol. The van der Waals surface area contributed by atoms with Crippen molar-refractivity contribution >= 4 is 21.9 Å². The number of ether oxygens (including phenoxy) is 1. The third-order valence-corrected chi connectivity index (χ3v) is 3.90. The Morgan fingerprint density at radius 2 is 1.30 bits per heavy atom. The Morgan fingerprint density at radius 3 is 1.75 bits per heavy atom. The Balaban J connectivity index is 3.11. The van der Waals surface area contributed by atoms with Gasteiger partial charge in [0.15, 0.2) is 0 Å². The summed E-state index contributed by atoms with van der Waals surface area (Å²) in [5.74, 6) is 0.416. The first-order valence-corrected chi connectivity index (χ1v) is 9.50. The van der Waals surface area contributed by atoms with Crippen LogP contribution in [0.25, 0.3) is 0 Å². The van der Waals surface area contributed by atoms with Crippen LogP contribution in [0.4, 0.5) is 0 Å². The zero-order chi connectivity index (χ0) is 15.1. The number of carbonyl (C=O) groups excluding carboxylic acids is 1. The molecule has 0 aliphatic rings. The number of halogens is 1. The molecule has 0 fully saturated rings. The van der Waals surface area contributed by atoms with Crippen LogP contribution in [0.3, 0.4) is 0 Å². The largest absolute Gasteiger partial charge is 0.465 e. The molecule has 0 aromatic rings. The van der Waals surface area contributed by atoms with Crippen molar-refractivity contribution in [2.75, 3.05) is 11.9 Å². The van der Waals surface area contributed by atoms with Crippen LogP contribution in [0.15, 0.2) is 0 Å². The molecule has 120 valence electrons. The number of rotatable bonds is 14. The molecule has 0 amide bonds. The van der Waals surface area contributed by atoms with Crippen molar-refractivity contribution in [1.82, 2.24) is 0 Å². The Kier molecular flexibility index (Phi) is 15.3. The van der Waals surface area contributed by atoms with Gasteiger partial charge in [-0.2, -0.15) is 0 Å². The second-order valence-corrected chi connectivity index (χ2v) is 6.84. The molecule has 3 heteroatoms. The van der Waals surface area contributed by atoms with Gasteiger partial charge in [0.2, 0.25) is 0 Å². The Morgan fingerprint density at radius 1 is 0.850 bits per heavy atom. The van der Waals surface area contributed by atoms with E-state index in [1.165, 1.54) is 57.8 Å². The van der Waals surface area contributed by atoms with E-state index in [0.717, 1.165) is 11.8 Å². The number of alkyl halides is 1. The highest BCUT2D eigenvalue weighted by Crippen LogP contribution is 2.12. The molecule has 0 atom stereocenters. The van der Waals surface area contributed by atoms with Crippen LogP contribution >= 0.6 is 15.9 Å². The van der Waals surface area contributed by atoms with E-state index in [0.29, 0.717) is 18.9 Å². The van der Waals surface area contributed by atoms with Gasteiger partial charge in [-0.15, -0.1) is 0 Å². The summed E-state index contributed by atoms with van der Waals surface area (Å²) in [6, 6.07) is 0. The Labute approximate surface area is 134 Å². The van der Waals surface area contributed by atoms with Crippen LogP contribution < -0.4 is 0 Å². The van der Waals surface area contributed by atoms with Crippen LogP contribution in [0.1, 0.15) is 84.5 Å². The Bertz CT molecular complexity index is 217. The molecule has 0 spiro atoms. The van der Waals surface area contributed by atoms with Gasteiger partial charge in [-0.1, -0.05) is 81.1 Å². The first kappa shape index (κ1) is 19.9. The number of hydrogen-bond acceptors (Lipinski definition) is 2. The van der Waals surface area contributed by atoms with Crippen LogP contribution in [0.5, 0.6) is 0 Å². The van der Waals surface area contributed by atoms with Crippen molar-refractivity contribution in [3.05, 3.63) is 0 Å². The van der Waals surface area contributed by atoms with Gasteiger partial charge < -0.3 is 4.74 Å². The van der Waals surface area contributed by atoms with E-state index in [1.807, 2.05) is 0 Å². The predicted octanol–water partition coefficient (Wildman–Crippen LogP) is 5.87. The van der Waals surface area contributed by atoms with Gasteiger partial charge in [0, 0.05) is 11.8 Å². The molecule has 0 aromatic heterocycles. The maximum atomic E-state index is 11.4. The summed E-state index contributed by atoms with van der Waals surface area (Å²) in [6.45, 7) is 4.69. The fraction of sp³-hybridized carbons (Fsp3) is 0.941. The first-order chi connectivity index (χ1) is 9.66. The molecule has 0 saturated carbocycles. The standard InChI is InChI=1S/C17H33BrO2/c1-16(2)15-20-17(19)13-11-9-7-5-3-4-6-8-10-12-14-18/h16H,3-15H2,1-2H3. The highest BCUT2D eigenvalue weighted by atomic mass is 79.9. The third-order valence-electron chi connectivity index (χ3n) is 3.34. The van der Waals surface area contributed by atoms with E-state index < -0.39 is 0 Å². The molecule has 0 aliphatic heterocycles. The zero-order valence-corrected chi connectivity index (χ0v) is 15.1. The fourth-order valence-electron chi connectivity index (χ4n) is 2.11. The van der Waals surface area contributed by atoms with Gasteiger partial charge in [-0.25, -0.2) is 0 Å². The second-order valence-electron chi connectivity index (χ2n) is 6.05. The lowest BCUT2D eigenvalue weighted by atomic mass is 10.1. The number of esters is 1. The highest BCUT2D eigenvalue weighted by molar-refractivity contribution is 9.09. The minimum atomic E-state index is -0.0227. The summed E-state index contributed by atoms with van der Waals surface area (Å²) in [6.07, 6.45) is 13.5. The van der Waals surface area contributed by atoms with E-state index in [1.54, 1.807) is 0 Å². The highest BCUT2D eigenvalue weighted by Gasteiger charge is 2.03. The average Bonchev–Trinajstić information content (AvgIpc) is 2.42. The van der Waals surface area contributed by atoms with E-state index in [-0.39, 0.29) is 5.97 Å². The molecule has 0 saturated heterocycles. The summed E-state index contributed by atoms with van der Waals surface area (Å²) in [5, 5.41) is 1.15. The van der Waals surface area contributed by atoms with E-state index >= 15 is 0 Å².